The van der Waals surface area contributed by atoms with Gasteiger partial charge in [0, 0.05) is 31.1 Å². The van der Waals surface area contributed by atoms with Gasteiger partial charge in [0.15, 0.2) is 0 Å². The fourth-order valence-corrected chi connectivity index (χ4v) is 3.39. The first-order valence-electron chi connectivity index (χ1n) is 7.74. The number of aliphatic hydroxyl groups excluding tert-OH is 1. The molecule has 2 heterocycles. The summed E-state index contributed by atoms with van der Waals surface area (Å²) < 4.78 is 5.32. The van der Waals surface area contributed by atoms with Crippen LogP contribution in [0.4, 0.5) is 4.79 Å². The zero-order chi connectivity index (χ0) is 16.2. The molecule has 0 saturated carbocycles. The van der Waals surface area contributed by atoms with Crippen molar-refractivity contribution in [3.05, 3.63) is 22.4 Å². The van der Waals surface area contributed by atoms with Crippen molar-refractivity contribution >= 4 is 17.4 Å². The van der Waals surface area contributed by atoms with Gasteiger partial charge in [0.25, 0.3) is 0 Å². The number of nitrogens with one attached hydrogen (secondary N) is 1. The van der Waals surface area contributed by atoms with Crippen molar-refractivity contribution in [3.63, 3.8) is 0 Å². The molecule has 22 heavy (non-hydrogen) atoms. The van der Waals surface area contributed by atoms with Crippen LogP contribution in [-0.2, 0) is 4.74 Å². The summed E-state index contributed by atoms with van der Waals surface area (Å²) in [6.07, 6.45) is 2.04. The van der Waals surface area contributed by atoms with Crippen molar-refractivity contribution < 1.29 is 14.6 Å². The number of methoxy groups -OCH3 is 1. The van der Waals surface area contributed by atoms with Crippen LogP contribution >= 0.6 is 11.3 Å². The van der Waals surface area contributed by atoms with E-state index in [-0.39, 0.29) is 17.7 Å². The summed E-state index contributed by atoms with van der Waals surface area (Å²) in [5.74, 6) is 0. The zero-order valence-corrected chi connectivity index (χ0v) is 14.4. The summed E-state index contributed by atoms with van der Waals surface area (Å²) >= 11 is 1.56. The molecule has 1 saturated heterocycles. The third kappa shape index (κ3) is 4.44. The Morgan fingerprint density at radius 1 is 1.64 bits per heavy atom. The highest BCUT2D eigenvalue weighted by molar-refractivity contribution is 7.10. The van der Waals surface area contributed by atoms with Crippen LogP contribution in [0.25, 0.3) is 0 Å². The lowest BCUT2D eigenvalue weighted by atomic mass is 10.1. The summed E-state index contributed by atoms with van der Waals surface area (Å²) in [4.78, 5) is 15.2. The quantitative estimate of drug-likeness (QED) is 0.845. The van der Waals surface area contributed by atoms with Crippen molar-refractivity contribution in [1.29, 1.82) is 0 Å². The Labute approximate surface area is 136 Å². The highest BCUT2D eigenvalue weighted by Gasteiger charge is 2.31. The van der Waals surface area contributed by atoms with Gasteiger partial charge in [-0.05, 0) is 44.6 Å². The molecule has 6 heteroatoms. The summed E-state index contributed by atoms with van der Waals surface area (Å²) in [5.41, 5.74) is -0.374. The molecule has 0 radical (unpaired) electrons. The number of thiophene rings is 1. The maximum Gasteiger partial charge on any atom is 0.317 e. The average Bonchev–Trinajstić information content (AvgIpc) is 3.16. The predicted octanol–water partition coefficient (Wildman–Crippen LogP) is 2.77. The van der Waals surface area contributed by atoms with E-state index in [2.05, 4.69) is 5.32 Å². The number of ether oxygens (including phenoxy) is 1. The molecule has 5 nitrogen and oxygen atoms in total. The van der Waals surface area contributed by atoms with Gasteiger partial charge in [0.2, 0.25) is 0 Å². The SMILES string of the molecule is COC(C)(C)CNC(=O)N1CCCC1CC(O)c1cccs1. The van der Waals surface area contributed by atoms with Crippen molar-refractivity contribution in [2.75, 3.05) is 20.2 Å². The molecule has 0 spiro atoms. The van der Waals surface area contributed by atoms with Gasteiger partial charge < -0.3 is 20.1 Å². The topological polar surface area (TPSA) is 61.8 Å². The third-order valence-electron chi connectivity index (χ3n) is 4.22. The predicted molar refractivity (Wildman–Crippen MR) is 88.1 cm³/mol. The number of hydrogen-bond acceptors (Lipinski definition) is 4. The van der Waals surface area contributed by atoms with Crippen molar-refractivity contribution in [2.45, 2.75) is 50.9 Å². The Bertz CT molecular complexity index is 476. The normalized spacial score (nSPS) is 20.2. The maximum atomic E-state index is 12.4. The monoisotopic (exact) mass is 326 g/mol. The van der Waals surface area contributed by atoms with Crippen LogP contribution in [-0.4, -0.2) is 47.9 Å². The first kappa shape index (κ1) is 17.2. The molecule has 1 aromatic rings. The smallest absolute Gasteiger partial charge is 0.317 e. The van der Waals surface area contributed by atoms with E-state index >= 15 is 0 Å². The number of aliphatic hydroxyl groups is 1. The Kier molecular flexibility index (Phi) is 5.83. The second-order valence-electron chi connectivity index (χ2n) is 6.38. The van der Waals surface area contributed by atoms with Crippen LogP contribution in [0.5, 0.6) is 0 Å². The number of carbonyl (C=O) groups is 1. The minimum atomic E-state index is -0.492. The highest BCUT2D eigenvalue weighted by Crippen LogP contribution is 2.29. The van der Waals surface area contributed by atoms with Gasteiger partial charge in [-0.25, -0.2) is 4.79 Å². The van der Waals surface area contributed by atoms with Crippen LogP contribution in [0, 0.1) is 0 Å². The van der Waals surface area contributed by atoms with Crippen LogP contribution in [0.1, 0.15) is 44.1 Å². The molecule has 0 bridgehead atoms. The van der Waals surface area contributed by atoms with E-state index < -0.39 is 6.10 Å². The number of nitrogens with zero attached hydrogens (tertiary/aromatic N) is 1. The summed E-state index contributed by atoms with van der Waals surface area (Å²) in [7, 11) is 1.64. The lowest BCUT2D eigenvalue weighted by Gasteiger charge is -2.29. The zero-order valence-electron chi connectivity index (χ0n) is 13.5. The molecule has 124 valence electrons. The molecule has 2 N–H and O–H groups in total. The molecule has 1 fully saturated rings. The highest BCUT2D eigenvalue weighted by atomic mass is 32.1. The van der Waals surface area contributed by atoms with E-state index in [0.29, 0.717) is 13.0 Å². The average molecular weight is 326 g/mol. The molecule has 0 aromatic carbocycles. The number of amides is 2. The Morgan fingerprint density at radius 2 is 2.41 bits per heavy atom. The Hall–Kier alpha value is -1.11. The molecule has 2 rings (SSSR count). The van der Waals surface area contributed by atoms with Gasteiger partial charge in [-0.1, -0.05) is 6.07 Å². The van der Waals surface area contributed by atoms with Gasteiger partial charge in [-0.2, -0.15) is 0 Å². The molecule has 2 atom stereocenters. The van der Waals surface area contributed by atoms with Crippen LogP contribution in [0.2, 0.25) is 0 Å². The van der Waals surface area contributed by atoms with Crippen LogP contribution in [0.15, 0.2) is 17.5 Å². The number of urea groups is 1. The largest absolute Gasteiger partial charge is 0.387 e. The lowest BCUT2D eigenvalue weighted by molar-refractivity contribution is 0.0239. The van der Waals surface area contributed by atoms with E-state index in [1.165, 1.54) is 0 Å². The number of hydrogen-bond donors (Lipinski definition) is 2. The van der Waals surface area contributed by atoms with Crippen molar-refractivity contribution in [2.24, 2.45) is 0 Å². The van der Waals surface area contributed by atoms with Crippen molar-refractivity contribution in [3.8, 4) is 0 Å². The van der Waals surface area contributed by atoms with Gasteiger partial charge in [0.05, 0.1) is 11.7 Å². The van der Waals surface area contributed by atoms with Crippen molar-refractivity contribution in [1.82, 2.24) is 10.2 Å². The molecule has 1 aliphatic rings. The molecule has 0 aliphatic carbocycles. The maximum absolute atomic E-state index is 12.4. The fraction of sp³-hybridized carbons (Fsp3) is 0.688. The molecular formula is C16H26N2O3S. The molecule has 2 unspecified atom stereocenters. The minimum absolute atomic E-state index is 0.0639. The van der Waals surface area contributed by atoms with E-state index in [1.807, 2.05) is 36.3 Å². The second kappa shape index (κ2) is 7.44. The van der Waals surface area contributed by atoms with Crippen LogP contribution < -0.4 is 5.32 Å². The second-order valence-corrected chi connectivity index (χ2v) is 7.36. The summed E-state index contributed by atoms with van der Waals surface area (Å²) in [6.45, 7) is 5.10. The first-order chi connectivity index (χ1) is 10.4. The summed E-state index contributed by atoms with van der Waals surface area (Å²) in [5, 5.41) is 15.2. The van der Waals surface area contributed by atoms with E-state index in [0.717, 1.165) is 24.3 Å². The van der Waals surface area contributed by atoms with Gasteiger partial charge in [0.1, 0.15) is 0 Å². The van der Waals surface area contributed by atoms with Gasteiger partial charge in [-0.15, -0.1) is 11.3 Å². The number of carbonyl (C=O) groups excluding carboxylic acids is 1. The van der Waals surface area contributed by atoms with Crippen LogP contribution in [0.3, 0.4) is 0 Å². The van der Waals surface area contributed by atoms with E-state index in [1.54, 1.807) is 18.4 Å². The standard InChI is InChI=1S/C16H26N2O3S/c1-16(2,21-3)11-17-15(20)18-8-4-6-12(18)10-13(19)14-7-5-9-22-14/h5,7,9,12-13,19H,4,6,8,10-11H2,1-3H3,(H,17,20). The molecular weight excluding hydrogens is 300 g/mol. The summed E-state index contributed by atoms with van der Waals surface area (Å²) in [6, 6.07) is 3.92. The van der Waals surface area contributed by atoms with E-state index in [4.69, 9.17) is 4.74 Å². The van der Waals surface area contributed by atoms with Gasteiger partial charge in [-0.3, -0.25) is 0 Å². The van der Waals surface area contributed by atoms with Gasteiger partial charge >= 0.3 is 6.03 Å². The third-order valence-corrected chi connectivity index (χ3v) is 5.20. The minimum Gasteiger partial charge on any atom is -0.387 e. The van der Waals surface area contributed by atoms with E-state index in [9.17, 15) is 9.90 Å². The molecule has 2 amide bonds. The fourth-order valence-electron chi connectivity index (χ4n) is 2.67. The number of likely N-dealkylation sites (tertiary alicyclic amines) is 1. The lowest BCUT2D eigenvalue weighted by Crippen LogP contribution is -2.48. The number of rotatable bonds is 6. The Morgan fingerprint density at radius 3 is 3.05 bits per heavy atom. The first-order valence-corrected chi connectivity index (χ1v) is 8.62. The molecule has 1 aromatic heterocycles. The Balaban J connectivity index is 1.88. The molecule has 1 aliphatic heterocycles.